The van der Waals surface area contributed by atoms with Crippen LogP contribution in [0.5, 0.6) is 5.75 Å². The summed E-state index contributed by atoms with van der Waals surface area (Å²) < 4.78 is 5.59. The SMILES string of the molecule is O=C(CCCOc1ccccc1)Nc1ccc(CC(=O)N2CCCCC2)cc1. The molecule has 0 aliphatic carbocycles. The van der Waals surface area contributed by atoms with E-state index >= 15 is 0 Å². The Balaban J connectivity index is 1.37. The number of ether oxygens (including phenoxy) is 1. The number of amides is 2. The molecule has 2 aromatic carbocycles. The third kappa shape index (κ3) is 6.41. The highest BCUT2D eigenvalue weighted by Gasteiger charge is 2.16. The highest BCUT2D eigenvalue weighted by molar-refractivity contribution is 5.90. The number of carbonyl (C=O) groups is 2. The van der Waals surface area contributed by atoms with Crippen LogP contribution in [0.1, 0.15) is 37.7 Å². The number of likely N-dealkylation sites (tertiary alicyclic amines) is 1. The van der Waals surface area contributed by atoms with Crippen molar-refractivity contribution in [1.29, 1.82) is 0 Å². The van der Waals surface area contributed by atoms with E-state index in [9.17, 15) is 9.59 Å². The predicted molar refractivity (Wildman–Crippen MR) is 110 cm³/mol. The normalized spacial score (nSPS) is 13.8. The molecule has 1 saturated heterocycles. The number of piperidine rings is 1. The zero-order valence-corrected chi connectivity index (χ0v) is 16.2. The number of nitrogens with one attached hydrogen (secondary N) is 1. The van der Waals surface area contributed by atoms with Gasteiger partial charge in [-0.3, -0.25) is 9.59 Å². The summed E-state index contributed by atoms with van der Waals surface area (Å²) in [6.07, 6.45) is 4.91. The fourth-order valence-electron chi connectivity index (χ4n) is 3.30. The summed E-state index contributed by atoms with van der Waals surface area (Å²) in [4.78, 5) is 26.3. The molecule has 1 aliphatic rings. The Labute approximate surface area is 166 Å². The molecule has 1 heterocycles. The number of benzene rings is 2. The first-order valence-electron chi connectivity index (χ1n) is 10.0. The van der Waals surface area contributed by atoms with Crippen molar-refractivity contribution >= 4 is 17.5 Å². The van der Waals surface area contributed by atoms with Crippen LogP contribution in [0.2, 0.25) is 0 Å². The van der Waals surface area contributed by atoms with Crippen molar-refractivity contribution in [2.75, 3.05) is 25.0 Å². The molecule has 148 valence electrons. The van der Waals surface area contributed by atoms with Crippen LogP contribution in [0.25, 0.3) is 0 Å². The number of hydrogen-bond donors (Lipinski definition) is 1. The Kier molecular flexibility index (Phi) is 7.47. The quantitative estimate of drug-likeness (QED) is 0.703. The molecular weight excluding hydrogens is 352 g/mol. The largest absolute Gasteiger partial charge is 0.494 e. The monoisotopic (exact) mass is 380 g/mol. The summed E-state index contributed by atoms with van der Waals surface area (Å²) in [7, 11) is 0. The number of rotatable bonds is 8. The molecule has 1 N–H and O–H groups in total. The number of nitrogens with zero attached hydrogens (tertiary/aromatic N) is 1. The highest BCUT2D eigenvalue weighted by Crippen LogP contribution is 2.14. The third-order valence-corrected chi connectivity index (χ3v) is 4.86. The van der Waals surface area contributed by atoms with E-state index in [1.54, 1.807) is 0 Å². The van der Waals surface area contributed by atoms with E-state index in [1.165, 1.54) is 6.42 Å². The maximum Gasteiger partial charge on any atom is 0.226 e. The van der Waals surface area contributed by atoms with Gasteiger partial charge in [0.15, 0.2) is 0 Å². The topological polar surface area (TPSA) is 58.6 Å². The van der Waals surface area contributed by atoms with Gasteiger partial charge < -0.3 is 15.0 Å². The van der Waals surface area contributed by atoms with Gasteiger partial charge in [-0.2, -0.15) is 0 Å². The van der Waals surface area contributed by atoms with Gasteiger partial charge in [0.2, 0.25) is 11.8 Å². The maximum atomic E-state index is 12.3. The van der Waals surface area contributed by atoms with Crippen LogP contribution in [0.4, 0.5) is 5.69 Å². The summed E-state index contributed by atoms with van der Waals surface area (Å²) in [5.74, 6) is 0.973. The van der Waals surface area contributed by atoms with Gasteiger partial charge in [0.1, 0.15) is 5.75 Å². The Hall–Kier alpha value is -2.82. The standard InChI is InChI=1S/C23H28N2O3/c26-22(10-7-17-28-21-8-3-1-4-9-21)24-20-13-11-19(12-14-20)18-23(27)25-15-5-2-6-16-25/h1,3-4,8-9,11-14H,2,5-7,10,15-18H2,(H,24,26). The second kappa shape index (κ2) is 10.5. The van der Waals surface area contributed by atoms with Crippen molar-refractivity contribution in [3.05, 3.63) is 60.2 Å². The molecule has 0 bridgehead atoms. The molecule has 28 heavy (non-hydrogen) atoms. The third-order valence-electron chi connectivity index (χ3n) is 4.86. The lowest BCUT2D eigenvalue weighted by Gasteiger charge is -2.26. The molecule has 0 radical (unpaired) electrons. The van der Waals surface area contributed by atoms with Crippen LogP contribution in [0.15, 0.2) is 54.6 Å². The van der Waals surface area contributed by atoms with E-state index in [0.717, 1.165) is 42.9 Å². The first-order valence-corrected chi connectivity index (χ1v) is 10.0. The maximum absolute atomic E-state index is 12.3. The van der Waals surface area contributed by atoms with Crippen molar-refractivity contribution < 1.29 is 14.3 Å². The van der Waals surface area contributed by atoms with Crippen molar-refractivity contribution in [3.8, 4) is 5.75 Å². The Morgan fingerprint density at radius 1 is 0.929 bits per heavy atom. The molecule has 2 amide bonds. The van der Waals surface area contributed by atoms with E-state index in [-0.39, 0.29) is 11.8 Å². The highest BCUT2D eigenvalue weighted by atomic mass is 16.5. The molecule has 0 atom stereocenters. The minimum atomic E-state index is -0.0335. The first-order chi connectivity index (χ1) is 13.7. The molecule has 2 aromatic rings. The van der Waals surface area contributed by atoms with Gasteiger partial charge in [0.05, 0.1) is 13.0 Å². The summed E-state index contributed by atoms with van der Waals surface area (Å²) in [6.45, 7) is 2.26. The summed E-state index contributed by atoms with van der Waals surface area (Å²) >= 11 is 0. The molecular formula is C23H28N2O3. The van der Waals surface area contributed by atoms with Gasteiger partial charge in [-0.1, -0.05) is 30.3 Å². The van der Waals surface area contributed by atoms with Crippen molar-refractivity contribution in [3.63, 3.8) is 0 Å². The summed E-state index contributed by atoms with van der Waals surface area (Å²) in [6, 6.07) is 17.1. The lowest BCUT2D eigenvalue weighted by molar-refractivity contribution is -0.131. The number of carbonyl (C=O) groups excluding carboxylic acids is 2. The van der Waals surface area contributed by atoms with E-state index in [2.05, 4.69) is 5.32 Å². The molecule has 5 heteroatoms. The Morgan fingerprint density at radius 3 is 2.36 bits per heavy atom. The smallest absolute Gasteiger partial charge is 0.226 e. The molecule has 3 rings (SSSR count). The molecule has 1 fully saturated rings. The Morgan fingerprint density at radius 2 is 1.64 bits per heavy atom. The van der Waals surface area contributed by atoms with Crippen LogP contribution < -0.4 is 10.1 Å². The van der Waals surface area contributed by atoms with Crippen LogP contribution in [-0.2, 0) is 16.0 Å². The van der Waals surface area contributed by atoms with Gasteiger partial charge >= 0.3 is 0 Å². The lowest BCUT2D eigenvalue weighted by Crippen LogP contribution is -2.36. The summed E-state index contributed by atoms with van der Waals surface area (Å²) in [5.41, 5.74) is 1.73. The Bertz CT molecular complexity index is 753. The van der Waals surface area contributed by atoms with Gasteiger partial charge in [-0.25, -0.2) is 0 Å². The molecule has 0 saturated carbocycles. The fraction of sp³-hybridized carbons (Fsp3) is 0.391. The zero-order chi connectivity index (χ0) is 19.6. The van der Waals surface area contributed by atoms with Crippen molar-refractivity contribution in [2.24, 2.45) is 0 Å². The second-order valence-electron chi connectivity index (χ2n) is 7.13. The number of para-hydroxylation sites is 1. The van der Waals surface area contributed by atoms with Crippen LogP contribution in [0.3, 0.4) is 0 Å². The number of anilines is 1. The fourth-order valence-corrected chi connectivity index (χ4v) is 3.30. The van der Waals surface area contributed by atoms with E-state index in [1.807, 2.05) is 59.5 Å². The van der Waals surface area contributed by atoms with Gasteiger partial charge in [-0.15, -0.1) is 0 Å². The van der Waals surface area contributed by atoms with Crippen LogP contribution >= 0.6 is 0 Å². The van der Waals surface area contributed by atoms with E-state index < -0.39 is 0 Å². The van der Waals surface area contributed by atoms with E-state index in [0.29, 0.717) is 25.9 Å². The average Bonchev–Trinajstić information content (AvgIpc) is 2.74. The predicted octanol–water partition coefficient (Wildman–Crippen LogP) is 4.04. The minimum Gasteiger partial charge on any atom is -0.494 e. The van der Waals surface area contributed by atoms with E-state index in [4.69, 9.17) is 4.74 Å². The molecule has 1 aliphatic heterocycles. The molecule has 0 aromatic heterocycles. The van der Waals surface area contributed by atoms with Crippen molar-refractivity contribution in [1.82, 2.24) is 4.90 Å². The molecule has 5 nitrogen and oxygen atoms in total. The van der Waals surface area contributed by atoms with Crippen LogP contribution in [0, 0.1) is 0 Å². The molecule has 0 spiro atoms. The van der Waals surface area contributed by atoms with Crippen LogP contribution in [-0.4, -0.2) is 36.4 Å². The minimum absolute atomic E-state index is 0.0335. The zero-order valence-electron chi connectivity index (χ0n) is 16.2. The summed E-state index contributed by atoms with van der Waals surface area (Å²) in [5, 5.41) is 2.89. The second-order valence-corrected chi connectivity index (χ2v) is 7.13. The van der Waals surface area contributed by atoms with Gasteiger partial charge in [0.25, 0.3) is 0 Å². The lowest BCUT2D eigenvalue weighted by atomic mass is 10.1. The van der Waals surface area contributed by atoms with Gasteiger partial charge in [0, 0.05) is 25.2 Å². The average molecular weight is 380 g/mol. The first kappa shape index (κ1) is 19.9. The molecule has 0 unspecified atom stereocenters. The van der Waals surface area contributed by atoms with Gasteiger partial charge in [-0.05, 0) is 55.5 Å². The van der Waals surface area contributed by atoms with Crippen molar-refractivity contribution in [2.45, 2.75) is 38.5 Å². The number of hydrogen-bond acceptors (Lipinski definition) is 3.